The summed E-state index contributed by atoms with van der Waals surface area (Å²) in [5.74, 6) is 0.305. The van der Waals surface area contributed by atoms with E-state index in [1.54, 1.807) is 35.6 Å². The van der Waals surface area contributed by atoms with Crippen LogP contribution in [-0.2, 0) is 27.9 Å². The Labute approximate surface area is 159 Å². The smallest absolute Gasteiger partial charge is 0.308 e. The van der Waals surface area contributed by atoms with Crippen molar-refractivity contribution < 1.29 is 17.4 Å². The fraction of sp³-hybridized carbons (Fsp3) is 0.421. The lowest BCUT2D eigenvalue weighted by atomic mass is 10.1. The lowest BCUT2D eigenvalue weighted by Crippen LogP contribution is -2.38. The number of hydrogen-bond donors (Lipinski definition) is 0. The van der Waals surface area contributed by atoms with Crippen LogP contribution in [0.1, 0.15) is 37.6 Å². The van der Waals surface area contributed by atoms with Crippen LogP contribution < -0.4 is 4.18 Å². The summed E-state index contributed by atoms with van der Waals surface area (Å²) in [6.45, 7) is 6.12. The molecule has 1 atom stereocenters. The van der Waals surface area contributed by atoms with Gasteiger partial charge in [0.1, 0.15) is 5.75 Å². The molecule has 0 fully saturated rings. The van der Waals surface area contributed by atoms with E-state index in [1.165, 1.54) is 6.92 Å². The van der Waals surface area contributed by atoms with Crippen LogP contribution in [0.5, 0.6) is 5.75 Å². The molecule has 1 heterocycles. The lowest BCUT2D eigenvalue weighted by Gasteiger charge is -2.29. The number of rotatable bonds is 9. The third-order valence-corrected chi connectivity index (χ3v) is 6.23. The molecule has 0 aliphatic heterocycles. The van der Waals surface area contributed by atoms with Crippen LogP contribution in [0.4, 0.5) is 0 Å². The fourth-order valence-corrected chi connectivity index (χ4v) is 3.64. The molecule has 26 heavy (non-hydrogen) atoms. The minimum atomic E-state index is -3.53. The highest BCUT2D eigenvalue weighted by Crippen LogP contribution is 2.19. The van der Waals surface area contributed by atoms with Crippen molar-refractivity contribution in [2.24, 2.45) is 0 Å². The molecule has 0 spiro atoms. The van der Waals surface area contributed by atoms with Gasteiger partial charge in [-0.1, -0.05) is 25.1 Å². The standard InChI is InChI=1S/C19H25NO4S2/c1-4-15(3)20(19(21)13-18-7-6-12-25-18)14-16-8-10-17(11-9-16)24-26(22,23)5-2/h6-12,15H,4-5,13-14H2,1-3H3/t15-/m0/s1. The first-order valence-electron chi connectivity index (χ1n) is 8.67. The van der Waals surface area contributed by atoms with Crippen molar-refractivity contribution in [1.82, 2.24) is 4.90 Å². The molecule has 1 aromatic heterocycles. The zero-order valence-corrected chi connectivity index (χ0v) is 17.0. The number of amides is 1. The first kappa shape index (κ1) is 20.5. The molecule has 142 valence electrons. The number of hydrogen-bond acceptors (Lipinski definition) is 5. The van der Waals surface area contributed by atoms with Gasteiger partial charge in [0.05, 0.1) is 12.2 Å². The first-order valence-corrected chi connectivity index (χ1v) is 11.1. The molecule has 1 aromatic carbocycles. The Bertz CT molecular complexity index is 799. The van der Waals surface area contributed by atoms with E-state index >= 15 is 0 Å². The number of carbonyl (C=O) groups excluding carboxylic acids is 1. The van der Waals surface area contributed by atoms with Crippen molar-refractivity contribution in [1.29, 1.82) is 0 Å². The van der Waals surface area contributed by atoms with Gasteiger partial charge in [-0.3, -0.25) is 4.79 Å². The van der Waals surface area contributed by atoms with Gasteiger partial charge >= 0.3 is 10.1 Å². The molecule has 0 saturated carbocycles. The number of thiophene rings is 1. The Morgan fingerprint density at radius 3 is 2.42 bits per heavy atom. The Morgan fingerprint density at radius 2 is 1.88 bits per heavy atom. The van der Waals surface area contributed by atoms with Crippen LogP contribution in [0.2, 0.25) is 0 Å². The maximum absolute atomic E-state index is 12.7. The average Bonchev–Trinajstić information content (AvgIpc) is 3.13. The predicted octanol–water partition coefficient (Wildman–Crippen LogP) is 3.85. The predicted molar refractivity (Wildman–Crippen MR) is 105 cm³/mol. The fourth-order valence-electron chi connectivity index (χ4n) is 2.43. The van der Waals surface area contributed by atoms with Gasteiger partial charge < -0.3 is 9.08 Å². The van der Waals surface area contributed by atoms with E-state index in [9.17, 15) is 13.2 Å². The van der Waals surface area contributed by atoms with Gasteiger partial charge in [0.2, 0.25) is 5.91 Å². The zero-order chi connectivity index (χ0) is 19.2. The molecular weight excluding hydrogens is 370 g/mol. The molecule has 5 nitrogen and oxygen atoms in total. The monoisotopic (exact) mass is 395 g/mol. The second-order valence-electron chi connectivity index (χ2n) is 6.11. The van der Waals surface area contributed by atoms with Gasteiger partial charge in [0.15, 0.2) is 0 Å². The molecule has 0 bridgehead atoms. The quantitative estimate of drug-likeness (QED) is 0.605. The van der Waals surface area contributed by atoms with E-state index in [0.29, 0.717) is 13.0 Å². The third-order valence-electron chi connectivity index (χ3n) is 4.20. The van der Waals surface area contributed by atoms with E-state index in [-0.39, 0.29) is 23.5 Å². The highest BCUT2D eigenvalue weighted by atomic mass is 32.2. The molecule has 0 saturated heterocycles. The SMILES string of the molecule is CC[C@H](C)N(Cc1ccc(OS(=O)(=O)CC)cc1)C(=O)Cc1cccs1. The Kier molecular flexibility index (Phi) is 7.23. The summed E-state index contributed by atoms with van der Waals surface area (Å²) in [6, 6.07) is 10.9. The maximum atomic E-state index is 12.7. The number of nitrogens with zero attached hydrogens (tertiary/aromatic N) is 1. The van der Waals surface area contributed by atoms with Crippen molar-refractivity contribution in [2.75, 3.05) is 5.75 Å². The summed E-state index contributed by atoms with van der Waals surface area (Å²) in [5, 5.41) is 1.97. The van der Waals surface area contributed by atoms with Crippen molar-refractivity contribution in [3.8, 4) is 5.75 Å². The molecule has 0 N–H and O–H groups in total. The largest absolute Gasteiger partial charge is 0.382 e. The van der Waals surface area contributed by atoms with Crippen LogP contribution in [0.3, 0.4) is 0 Å². The van der Waals surface area contributed by atoms with E-state index in [2.05, 4.69) is 6.92 Å². The molecule has 0 unspecified atom stereocenters. The highest BCUT2D eigenvalue weighted by Gasteiger charge is 2.20. The van der Waals surface area contributed by atoms with Crippen molar-refractivity contribution in [3.63, 3.8) is 0 Å². The lowest BCUT2D eigenvalue weighted by molar-refractivity contribution is -0.133. The van der Waals surface area contributed by atoms with Gasteiger partial charge in [-0.25, -0.2) is 0 Å². The molecule has 2 rings (SSSR count). The van der Waals surface area contributed by atoms with Gasteiger partial charge in [0.25, 0.3) is 0 Å². The Morgan fingerprint density at radius 1 is 1.19 bits per heavy atom. The Hall–Kier alpha value is -1.86. The normalized spacial score (nSPS) is 12.6. The number of benzene rings is 1. The molecule has 1 amide bonds. The van der Waals surface area contributed by atoms with Crippen molar-refractivity contribution >= 4 is 27.4 Å². The summed E-state index contributed by atoms with van der Waals surface area (Å²) in [7, 11) is -3.53. The summed E-state index contributed by atoms with van der Waals surface area (Å²) in [5.41, 5.74) is 0.936. The average molecular weight is 396 g/mol. The molecule has 2 aromatic rings. The molecule has 0 radical (unpaired) electrons. The minimum Gasteiger partial charge on any atom is -0.382 e. The molecule has 0 aliphatic carbocycles. The number of carbonyl (C=O) groups is 1. The van der Waals surface area contributed by atoms with Crippen LogP contribution in [0.15, 0.2) is 41.8 Å². The van der Waals surface area contributed by atoms with Gasteiger partial charge in [-0.2, -0.15) is 8.42 Å². The third kappa shape index (κ3) is 5.85. The summed E-state index contributed by atoms with van der Waals surface area (Å²) in [6.07, 6.45) is 1.27. The van der Waals surface area contributed by atoms with Crippen molar-refractivity contribution in [2.45, 2.75) is 46.2 Å². The van der Waals surface area contributed by atoms with Gasteiger partial charge in [-0.05, 0) is 49.4 Å². The second kappa shape index (κ2) is 9.19. The van der Waals surface area contributed by atoms with E-state index in [0.717, 1.165) is 16.9 Å². The van der Waals surface area contributed by atoms with E-state index in [1.807, 2.05) is 29.3 Å². The second-order valence-corrected chi connectivity index (χ2v) is 9.00. The van der Waals surface area contributed by atoms with Crippen LogP contribution in [0.25, 0.3) is 0 Å². The molecular formula is C19H25NO4S2. The molecule has 7 heteroatoms. The van der Waals surface area contributed by atoms with Crippen LogP contribution in [-0.4, -0.2) is 31.0 Å². The van der Waals surface area contributed by atoms with Gasteiger partial charge in [0, 0.05) is 17.5 Å². The highest BCUT2D eigenvalue weighted by molar-refractivity contribution is 7.87. The molecule has 0 aliphatic rings. The minimum absolute atomic E-state index is 0.0756. The Balaban J connectivity index is 2.09. The van der Waals surface area contributed by atoms with Crippen LogP contribution in [0, 0.1) is 0 Å². The van der Waals surface area contributed by atoms with E-state index in [4.69, 9.17) is 4.18 Å². The maximum Gasteiger partial charge on any atom is 0.308 e. The van der Waals surface area contributed by atoms with Gasteiger partial charge in [-0.15, -0.1) is 11.3 Å². The summed E-state index contributed by atoms with van der Waals surface area (Å²) >= 11 is 1.58. The summed E-state index contributed by atoms with van der Waals surface area (Å²) in [4.78, 5) is 15.7. The summed E-state index contributed by atoms with van der Waals surface area (Å²) < 4.78 is 28.0. The topological polar surface area (TPSA) is 63.7 Å². The van der Waals surface area contributed by atoms with E-state index < -0.39 is 10.1 Å². The zero-order valence-electron chi connectivity index (χ0n) is 15.3. The van der Waals surface area contributed by atoms with Crippen molar-refractivity contribution in [3.05, 3.63) is 52.2 Å². The first-order chi connectivity index (χ1) is 12.3. The van der Waals surface area contributed by atoms with Crippen LogP contribution >= 0.6 is 11.3 Å².